The van der Waals surface area contributed by atoms with Crippen LogP contribution in [0.1, 0.15) is 5.56 Å². The molecule has 27 heavy (non-hydrogen) atoms. The van der Waals surface area contributed by atoms with Crippen LogP contribution in [-0.2, 0) is 16.6 Å². The van der Waals surface area contributed by atoms with Gasteiger partial charge in [0.25, 0.3) is 0 Å². The summed E-state index contributed by atoms with van der Waals surface area (Å²) in [6.45, 7) is 0.0963. The van der Waals surface area contributed by atoms with Crippen LogP contribution in [0.5, 0.6) is 0 Å². The van der Waals surface area contributed by atoms with Crippen molar-refractivity contribution < 1.29 is 17.6 Å². The van der Waals surface area contributed by atoms with Crippen molar-refractivity contribution in [3.8, 4) is 22.6 Å². The van der Waals surface area contributed by atoms with Crippen LogP contribution >= 0.6 is 15.9 Å². The Labute approximate surface area is 165 Å². The summed E-state index contributed by atoms with van der Waals surface area (Å²) in [5.74, 6) is 1.21. The van der Waals surface area contributed by atoms with Crippen LogP contribution in [0.3, 0.4) is 0 Å². The number of furan rings is 1. The molecule has 0 aliphatic carbocycles. The second-order valence-electron chi connectivity index (χ2n) is 5.76. The van der Waals surface area contributed by atoms with E-state index in [1.165, 1.54) is 0 Å². The summed E-state index contributed by atoms with van der Waals surface area (Å²) in [5.41, 5.74) is 2.39. The quantitative estimate of drug-likeness (QED) is 0.620. The van der Waals surface area contributed by atoms with Gasteiger partial charge in [0.15, 0.2) is 0 Å². The Morgan fingerprint density at radius 2 is 1.78 bits per heavy atom. The van der Waals surface area contributed by atoms with Crippen LogP contribution in [-0.4, -0.2) is 25.7 Å². The SMILES string of the molecule is CS(=O)(=O)NC(=O)NCc1cc(-c2ccc(Br)cc2)oc1-c1ccncc1. The number of sulfonamides is 1. The summed E-state index contributed by atoms with van der Waals surface area (Å²) in [6.07, 6.45) is 4.20. The fourth-order valence-corrected chi connectivity index (χ4v) is 3.12. The molecule has 3 rings (SSSR count). The Kier molecular flexibility index (Phi) is 5.62. The van der Waals surface area contributed by atoms with Crippen LogP contribution in [0.15, 0.2) is 63.7 Å². The molecule has 0 fully saturated rings. The van der Waals surface area contributed by atoms with Gasteiger partial charge in [-0.25, -0.2) is 17.9 Å². The zero-order chi connectivity index (χ0) is 19.4. The molecule has 2 aromatic heterocycles. The third-order valence-corrected chi connectivity index (χ3v) is 4.68. The number of hydrogen-bond donors (Lipinski definition) is 2. The zero-order valence-electron chi connectivity index (χ0n) is 14.3. The molecule has 0 aliphatic rings. The van der Waals surface area contributed by atoms with Crippen molar-refractivity contribution in [1.82, 2.24) is 15.0 Å². The molecular formula is C18H16BrN3O4S. The molecule has 0 bridgehead atoms. The van der Waals surface area contributed by atoms with Crippen molar-refractivity contribution in [2.45, 2.75) is 6.54 Å². The van der Waals surface area contributed by atoms with Crippen molar-refractivity contribution >= 4 is 32.0 Å². The minimum Gasteiger partial charge on any atom is -0.456 e. The molecule has 0 saturated heterocycles. The Hall–Kier alpha value is -2.65. The minimum absolute atomic E-state index is 0.0963. The monoisotopic (exact) mass is 449 g/mol. The van der Waals surface area contributed by atoms with Gasteiger partial charge in [-0.3, -0.25) is 4.98 Å². The first-order chi connectivity index (χ1) is 12.8. The number of urea groups is 1. The number of benzene rings is 1. The summed E-state index contributed by atoms with van der Waals surface area (Å²) in [4.78, 5) is 15.7. The number of hydrogen-bond acceptors (Lipinski definition) is 5. The fraction of sp³-hybridized carbons (Fsp3) is 0.111. The highest BCUT2D eigenvalue weighted by atomic mass is 79.9. The highest BCUT2D eigenvalue weighted by Crippen LogP contribution is 2.33. The number of carbonyl (C=O) groups excluding carboxylic acids is 1. The topological polar surface area (TPSA) is 101 Å². The molecule has 0 radical (unpaired) electrons. The first kappa shape index (κ1) is 19.1. The van der Waals surface area contributed by atoms with Crippen molar-refractivity contribution in [2.75, 3.05) is 6.26 Å². The van der Waals surface area contributed by atoms with E-state index in [2.05, 4.69) is 26.2 Å². The van der Waals surface area contributed by atoms with E-state index in [0.717, 1.165) is 21.9 Å². The third-order valence-electron chi connectivity index (χ3n) is 3.60. The van der Waals surface area contributed by atoms with Crippen LogP contribution < -0.4 is 10.0 Å². The van der Waals surface area contributed by atoms with Gasteiger partial charge in [-0.1, -0.05) is 28.1 Å². The van der Waals surface area contributed by atoms with Crippen molar-refractivity contribution in [3.63, 3.8) is 0 Å². The predicted octanol–water partition coefficient (Wildman–Crippen LogP) is 3.53. The molecule has 2 N–H and O–H groups in total. The molecule has 0 unspecified atom stereocenters. The maximum absolute atomic E-state index is 11.7. The van der Waals surface area contributed by atoms with E-state index in [1.54, 1.807) is 24.5 Å². The van der Waals surface area contributed by atoms with Crippen LogP contribution in [0.2, 0.25) is 0 Å². The summed E-state index contributed by atoms with van der Waals surface area (Å²) in [5, 5.41) is 2.53. The largest absolute Gasteiger partial charge is 0.456 e. The van der Waals surface area contributed by atoms with Gasteiger partial charge < -0.3 is 9.73 Å². The molecule has 2 heterocycles. The smallest absolute Gasteiger partial charge is 0.328 e. The lowest BCUT2D eigenvalue weighted by molar-refractivity contribution is 0.245. The predicted molar refractivity (Wildman–Crippen MR) is 105 cm³/mol. The molecule has 1 aromatic carbocycles. The molecule has 7 nitrogen and oxygen atoms in total. The molecule has 0 saturated carbocycles. The first-order valence-electron chi connectivity index (χ1n) is 7.86. The summed E-state index contributed by atoms with van der Waals surface area (Å²) >= 11 is 3.40. The second kappa shape index (κ2) is 7.93. The van der Waals surface area contributed by atoms with Gasteiger partial charge >= 0.3 is 6.03 Å². The Balaban J connectivity index is 1.91. The van der Waals surface area contributed by atoms with E-state index in [4.69, 9.17) is 4.42 Å². The lowest BCUT2D eigenvalue weighted by Gasteiger charge is -2.06. The van der Waals surface area contributed by atoms with Gasteiger partial charge in [0.2, 0.25) is 10.0 Å². The molecule has 0 atom stereocenters. The highest BCUT2D eigenvalue weighted by molar-refractivity contribution is 9.10. The van der Waals surface area contributed by atoms with E-state index < -0.39 is 16.1 Å². The van der Waals surface area contributed by atoms with Crippen molar-refractivity contribution in [3.05, 3.63) is 64.9 Å². The van der Waals surface area contributed by atoms with Gasteiger partial charge in [-0.15, -0.1) is 0 Å². The van der Waals surface area contributed by atoms with Gasteiger partial charge in [0.1, 0.15) is 11.5 Å². The lowest BCUT2D eigenvalue weighted by Crippen LogP contribution is -2.38. The number of rotatable bonds is 5. The maximum Gasteiger partial charge on any atom is 0.328 e. The first-order valence-corrected chi connectivity index (χ1v) is 10.5. The molecular weight excluding hydrogens is 434 g/mol. The summed E-state index contributed by atoms with van der Waals surface area (Å²) < 4.78 is 31.2. The molecule has 0 aliphatic heterocycles. The molecule has 140 valence electrons. The van der Waals surface area contributed by atoms with E-state index >= 15 is 0 Å². The Morgan fingerprint density at radius 1 is 1.11 bits per heavy atom. The molecule has 3 aromatic rings. The normalized spacial score (nSPS) is 11.2. The zero-order valence-corrected chi connectivity index (χ0v) is 16.7. The number of carbonyl (C=O) groups is 1. The number of amides is 2. The molecule has 2 amide bonds. The van der Waals surface area contributed by atoms with E-state index in [-0.39, 0.29) is 6.54 Å². The number of nitrogens with one attached hydrogen (secondary N) is 2. The minimum atomic E-state index is -3.63. The molecule has 9 heteroatoms. The highest BCUT2D eigenvalue weighted by Gasteiger charge is 2.16. The van der Waals surface area contributed by atoms with Gasteiger partial charge in [0, 0.05) is 40.1 Å². The standard InChI is InChI=1S/C18H16BrN3O4S/c1-27(24,25)22-18(23)21-11-14-10-16(12-2-4-15(19)5-3-12)26-17(14)13-6-8-20-9-7-13/h2-10H,11H2,1H3,(H2,21,22,23). The summed E-state index contributed by atoms with van der Waals surface area (Å²) in [6, 6.07) is 12.2. The summed E-state index contributed by atoms with van der Waals surface area (Å²) in [7, 11) is -3.63. The van der Waals surface area contributed by atoms with Crippen LogP contribution in [0.4, 0.5) is 4.79 Å². The van der Waals surface area contributed by atoms with E-state index in [1.807, 2.05) is 35.1 Å². The third kappa shape index (κ3) is 5.18. The van der Waals surface area contributed by atoms with E-state index in [9.17, 15) is 13.2 Å². The van der Waals surface area contributed by atoms with Crippen LogP contribution in [0.25, 0.3) is 22.6 Å². The number of pyridine rings is 1. The maximum atomic E-state index is 11.7. The lowest BCUT2D eigenvalue weighted by atomic mass is 10.1. The second-order valence-corrected chi connectivity index (χ2v) is 8.43. The number of nitrogens with zero attached hydrogens (tertiary/aromatic N) is 1. The van der Waals surface area contributed by atoms with Gasteiger partial charge in [-0.05, 0) is 30.3 Å². The average Bonchev–Trinajstić information content (AvgIpc) is 3.04. The van der Waals surface area contributed by atoms with E-state index in [0.29, 0.717) is 17.1 Å². The fourth-order valence-electron chi connectivity index (χ4n) is 2.44. The van der Waals surface area contributed by atoms with Crippen molar-refractivity contribution in [2.24, 2.45) is 0 Å². The van der Waals surface area contributed by atoms with Crippen molar-refractivity contribution in [1.29, 1.82) is 0 Å². The van der Waals surface area contributed by atoms with Gasteiger partial charge in [0.05, 0.1) is 6.26 Å². The number of aromatic nitrogens is 1. The number of halogens is 1. The van der Waals surface area contributed by atoms with Crippen LogP contribution in [0, 0.1) is 0 Å². The Bertz CT molecular complexity index is 1050. The van der Waals surface area contributed by atoms with Gasteiger partial charge in [-0.2, -0.15) is 0 Å². The molecule has 0 spiro atoms. The Morgan fingerprint density at radius 3 is 2.41 bits per heavy atom. The average molecular weight is 450 g/mol.